The Morgan fingerprint density at radius 1 is 1.33 bits per heavy atom. The molecule has 92 valence electrons. The Bertz CT molecular complexity index is 634. The van der Waals surface area contributed by atoms with E-state index in [0.717, 1.165) is 0 Å². The molecule has 1 aliphatic heterocycles. The number of ether oxygens (including phenoxy) is 2. The van der Waals surface area contributed by atoms with Crippen LogP contribution in [0.25, 0.3) is 11.1 Å². The van der Waals surface area contributed by atoms with Crippen LogP contribution in [-0.4, -0.2) is 23.0 Å². The first-order valence-electron chi connectivity index (χ1n) is 5.05. The number of nitrogens with two attached hydrogens (primary N) is 1. The highest BCUT2D eigenvalue weighted by molar-refractivity contribution is 5.97. The molecule has 1 aliphatic rings. The molecule has 0 spiro atoms. The molecule has 0 amide bonds. The van der Waals surface area contributed by atoms with Crippen LogP contribution in [-0.2, 0) is 0 Å². The minimum atomic E-state index is -1.21. The second kappa shape index (κ2) is 3.66. The highest BCUT2D eigenvalue weighted by Crippen LogP contribution is 2.38. The summed E-state index contributed by atoms with van der Waals surface area (Å²) in [6.45, 7) is 0.143. The van der Waals surface area contributed by atoms with E-state index < -0.39 is 5.97 Å². The molecule has 7 heteroatoms. The van der Waals surface area contributed by atoms with E-state index in [9.17, 15) is 4.79 Å². The Labute approximate surface area is 101 Å². The van der Waals surface area contributed by atoms with E-state index in [1.165, 1.54) is 0 Å². The molecule has 1 aromatic carbocycles. The third kappa shape index (κ3) is 1.45. The number of carboxylic acids is 1. The van der Waals surface area contributed by atoms with Crippen molar-refractivity contribution in [2.45, 2.75) is 0 Å². The van der Waals surface area contributed by atoms with Gasteiger partial charge in [-0.3, -0.25) is 0 Å². The molecule has 2 aromatic rings. The van der Waals surface area contributed by atoms with Gasteiger partial charge in [0, 0.05) is 0 Å². The largest absolute Gasteiger partial charge is 0.476 e. The number of hydrogen-bond acceptors (Lipinski definition) is 6. The molecule has 3 N–H and O–H groups in total. The van der Waals surface area contributed by atoms with Crippen LogP contribution in [0.2, 0.25) is 0 Å². The zero-order chi connectivity index (χ0) is 12.7. The van der Waals surface area contributed by atoms with Gasteiger partial charge in [0.25, 0.3) is 0 Å². The number of carbonyl (C=O) groups is 1. The zero-order valence-electron chi connectivity index (χ0n) is 9.04. The highest BCUT2D eigenvalue weighted by atomic mass is 16.7. The molecule has 0 saturated heterocycles. The summed E-state index contributed by atoms with van der Waals surface area (Å²) in [4.78, 5) is 11.0. The number of hydrogen-bond donors (Lipinski definition) is 2. The maximum absolute atomic E-state index is 11.0. The monoisotopic (exact) mass is 248 g/mol. The fourth-order valence-electron chi connectivity index (χ4n) is 1.78. The van der Waals surface area contributed by atoms with E-state index in [1.807, 2.05) is 0 Å². The van der Waals surface area contributed by atoms with Crippen molar-refractivity contribution in [2.75, 3.05) is 12.5 Å². The second-order valence-electron chi connectivity index (χ2n) is 3.64. The summed E-state index contributed by atoms with van der Waals surface area (Å²) in [5, 5.41) is 12.4. The third-order valence-corrected chi connectivity index (χ3v) is 2.58. The molecular weight excluding hydrogens is 240 g/mol. The smallest absolute Gasteiger partial charge is 0.358 e. The molecule has 0 bridgehead atoms. The summed E-state index contributed by atoms with van der Waals surface area (Å²) in [7, 11) is 0. The number of rotatable bonds is 2. The summed E-state index contributed by atoms with van der Waals surface area (Å²) in [6.07, 6.45) is 0. The van der Waals surface area contributed by atoms with Crippen LogP contribution in [0.3, 0.4) is 0 Å². The van der Waals surface area contributed by atoms with Gasteiger partial charge in [-0.2, -0.15) is 0 Å². The number of nitrogen functional groups attached to an aromatic ring is 1. The van der Waals surface area contributed by atoms with Gasteiger partial charge in [-0.05, 0) is 17.7 Å². The van der Waals surface area contributed by atoms with E-state index in [4.69, 9.17) is 24.8 Å². The van der Waals surface area contributed by atoms with Crippen LogP contribution in [0.15, 0.2) is 22.7 Å². The summed E-state index contributed by atoms with van der Waals surface area (Å²) < 4.78 is 15.1. The van der Waals surface area contributed by atoms with Crippen LogP contribution >= 0.6 is 0 Å². The van der Waals surface area contributed by atoms with Gasteiger partial charge in [-0.25, -0.2) is 4.79 Å². The normalized spacial score (nSPS) is 12.7. The standard InChI is InChI=1S/C11H8N2O5/c12-10-8(9(11(14)15)13-18-10)5-1-2-6-7(3-5)17-4-16-6/h1-3H,4,12H2,(H,14,15). The molecule has 1 aromatic heterocycles. The Morgan fingerprint density at radius 2 is 2.11 bits per heavy atom. The third-order valence-electron chi connectivity index (χ3n) is 2.58. The molecule has 2 heterocycles. The SMILES string of the molecule is Nc1onc(C(=O)O)c1-c1ccc2c(c1)OCO2. The molecule has 0 saturated carbocycles. The fourth-order valence-corrected chi connectivity index (χ4v) is 1.78. The maximum Gasteiger partial charge on any atom is 0.358 e. The average Bonchev–Trinajstić information content (AvgIpc) is 2.93. The van der Waals surface area contributed by atoms with Crippen molar-refractivity contribution in [2.24, 2.45) is 0 Å². The molecular formula is C11H8N2O5. The minimum absolute atomic E-state index is 0.0498. The van der Waals surface area contributed by atoms with E-state index in [-0.39, 0.29) is 23.9 Å². The first-order chi connectivity index (χ1) is 8.66. The molecule has 0 atom stereocenters. The van der Waals surface area contributed by atoms with Gasteiger partial charge < -0.3 is 24.8 Å². The lowest BCUT2D eigenvalue weighted by atomic mass is 10.0. The Morgan fingerprint density at radius 3 is 2.89 bits per heavy atom. The van der Waals surface area contributed by atoms with Crippen LogP contribution < -0.4 is 15.2 Å². The van der Waals surface area contributed by atoms with Crippen molar-refractivity contribution in [3.05, 3.63) is 23.9 Å². The lowest BCUT2D eigenvalue weighted by molar-refractivity contribution is 0.0686. The van der Waals surface area contributed by atoms with Gasteiger partial charge in [0.15, 0.2) is 11.5 Å². The molecule has 0 unspecified atom stereocenters. The van der Waals surface area contributed by atoms with Crippen LogP contribution in [0.5, 0.6) is 11.5 Å². The van der Waals surface area contributed by atoms with Crippen LogP contribution in [0, 0.1) is 0 Å². The number of benzene rings is 1. The van der Waals surface area contributed by atoms with E-state index in [0.29, 0.717) is 17.1 Å². The summed E-state index contributed by atoms with van der Waals surface area (Å²) in [5.41, 5.74) is 6.15. The van der Waals surface area contributed by atoms with Crippen molar-refractivity contribution < 1.29 is 23.9 Å². The van der Waals surface area contributed by atoms with Gasteiger partial charge in [0.2, 0.25) is 18.4 Å². The number of aromatic carboxylic acids is 1. The summed E-state index contributed by atoms with van der Waals surface area (Å²) in [6, 6.07) is 4.98. The molecule has 18 heavy (non-hydrogen) atoms. The molecule has 0 fully saturated rings. The van der Waals surface area contributed by atoms with Crippen molar-refractivity contribution in [1.82, 2.24) is 5.16 Å². The number of nitrogens with zero attached hydrogens (tertiary/aromatic N) is 1. The maximum atomic E-state index is 11.0. The van der Waals surface area contributed by atoms with Gasteiger partial charge in [-0.1, -0.05) is 11.2 Å². The summed E-state index contributed by atoms with van der Waals surface area (Å²) in [5.74, 6) is -0.121. The Hall–Kier alpha value is -2.70. The number of aromatic nitrogens is 1. The van der Waals surface area contributed by atoms with Crippen LogP contribution in [0.1, 0.15) is 10.5 Å². The number of anilines is 1. The van der Waals surface area contributed by atoms with Crippen molar-refractivity contribution in [1.29, 1.82) is 0 Å². The summed E-state index contributed by atoms with van der Waals surface area (Å²) >= 11 is 0. The van der Waals surface area contributed by atoms with Gasteiger partial charge in [-0.15, -0.1) is 0 Å². The Balaban J connectivity index is 2.15. The predicted molar refractivity (Wildman–Crippen MR) is 59.4 cm³/mol. The topological polar surface area (TPSA) is 108 Å². The van der Waals surface area contributed by atoms with Gasteiger partial charge in [0.05, 0.1) is 5.56 Å². The van der Waals surface area contributed by atoms with Crippen molar-refractivity contribution in [3.63, 3.8) is 0 Å². The van der Waals surface area contributed by atoms with Crippen LogP contribution in [0.4, 0.5) is 5.88 Å². The molecule has 3 rings (SSSR count). The lowest BCUT2D eigenvalue weighted by Crippen LogP contribution is -1.99. The first kappa shape index (κ1) is 10.5. The molecule has 0 radical (unpaired) electrons. The van der Waals surface area contributed by atoms with E-state index in [1.54, 1.807) is 18.2 Å². The lowest BCUT2D eigenvalue weighted by Gasteiger charge is -2.01. The van der Waals surface area contributed by atoms with E-state index in [2.05, 4.69) is 5.16 Å². The van der Waals surface area contributed by atoms with Crippen molar-refractivity contribution >= 4 is 11.9 Å². The second-order valence-corrected chi connectivity index (χ2v) is 3.64. The fraction of sp³-hybridized carbons (Fsp3) is 0.0909. The quantitative estimate of drug-likeness (QED) is 0.825. The zero-order valence-corrected chi connectivity index (χ0v) is 9.04. The van der Waals surface area contributed by atoms with Gasteiger partial charge in [0.1, 0.15) is 0 Å². The average molecular weight is 248 g/mol. The van der Waals surface area contributed by atoms with Gasteiger partial charge >= 0.3 is 5.97 Å². The minimum Gasteiger partial charge on any atom is -0.476 e. The predicted octanol–water partition coefficient (Wildman–Crippen LogP) is 1.35. The first-order valence-corrected chi connectivity index (χ1v) is 5.05. The highest BCUT2D eigenvalue weighted by Gasteiger charge is 2.23. The molecule has 7 nitrogen and oxygen atoms in total. The number of carboxylic acid groups (broad SMARTS) is 1. The Kier molecular flexibility index (Phi) is 2.12. The molecule has 0 aliphatic carbocycles. The number of fused-ring (bicyclic) bond motifs is 1. The van der Waals surface area contributed by atoms with E-state index >= 15 is 0 Å². The van der Waals surface area contributed by atoms with Crippen molar-refractivity contribution in [3.8, 4) is 22.6 Å².